The number of halogens is 1. The molecule has 2 rings (SSSR count). The Kier molecular flexibility index (Phi) is 3.56. The van der Waals surface area contributed by atoms with Crippen LogP contribution < -0.4 is 16.0 Å². The molecule has 0 aliphatic carbocycles. The summed E-state index contributed by atoms with van der Waals surface area (Å²) in [7, 11) is 1.92. The molecule has 3 N–H and O–H groups in total. The van der Waals surface area contributed by atoms with Gasteiger partial charge in [0.25, 0.3) is 0 Å². The molecule has 1 unspecified atom stereocenters. The van der Waals surface area contributed by atoms with Gasteiger partial charge in [-0.1, -0.05) is 11.6 Å². The zero-order valence-electron chi connectivity index (χ0n) is 9.54. The van der Waals surface area contributed by atoms with Gasteiger partial charge in [0.15, 0.2) is 0 Å². The van der Waals surface area contributed by atoms with E-state index in [1.165, 1.54) is 5.69 Å². The molecular weight excluding hydrogens is 222 g/mol. The lowest BCUT2D eigenvalue weighted by molar-refractivity contribution is 0.506. The highest BCUT2D eigenvalue weighted by molar-refractivity contribution is 6.31. The summed E-state index contributed by atoms with van der Waals surface area (Å²) in [6, 6.07) is 6.23. The van der Waals surface area contributed by atoms with Crippen LogP contribution in [0.25, 0.3) is 0 Å². The fourth-order valence-electron chi connectivity index (χ4n) is 2.21. The Labute approximate surface area is 102 Å². The zero-order valence-corrected chi connectivity index (χ0v) is 10.3. The van der Waals surface area contributed by atoms with Gasteiger partial charge >= 0.3 is 0 Å². The van der Waals surface area contributed by atoms with Crippen molar-refractivity contribution in [3.63, 3.8) is 0 Å². The summed E-state index contributed by atoms with van der Waals surface area (Å²) in [6.45, 7) is 2.00. The largest absolute Gasteiger partial charge is 0.386 e. The van der Waals surface area contributed by atoms with Crippen molar-refractivity contribution in [3.8, 4) is 0 Å². The predicted octanol–water partition coefficient (Wildman–Crippen LogP) is 2.31. The second-order valence-electron chi connectivity index (χ2n) is 4.26. The maximum Gasteiger partial charge on any atom is 0.0603 e. The maximum atomic E-state index is 6.00. The normalized spacial score (nSPS) is 20.9. The number of hydrogen-bond acceptors (Lipinski definition) is 3. The standard InChI is InChI=1S/C12H18ClN3/c1-15-11-7-9(13)4-5-12(11)16-6-2-3-10(14)8-16/h4-5,7,10,15H,2-3,6,8,14H2,1H3. The quantitative estimate of drug-likeness (QED) is 0.832. The van der Waals surface area contributed by atoms with Gasteiger partial charge in [-0.25, -0.2) is 0 Å². The molecule has 1 fully saturated rings. The molecular formula is C12H18ClN3. The Balaban J connectivity index is 2.24. The van der Waals surface area contributed by atoms with Crippen LogP contribution in [0, 0.1) is 0 Å². The van der Waals surface area contributed by atoms with Crippen LogP contribution in [0.3, 0.4) is 0 Å². The van der Waals surface area contributed by atoms with Crippen LogP contribution in [0.15, 0.2) is 18.2 Å². The predicted molar refractivity (Wildman–Crippen MR) is 70.4 cm³/mol. The average Bonchev–Trinajstić information content (AvgIpc) is 2.28. The van der Waals surface area contributed by atoms with Gasteiger partial charge < -0.3 is 16.0 Å². The third-order valence-corrected chi connectivity index (χ3v) is 3.26. The highest BCUT2D eigenvalue weighted by atomic mass is 35.5. The van der Waals surface area contributed by atoms with Crippen molar-refractivity contribution in [1.29, 1.82) is 0 Å². The van der Waals surface area contributed by atoms with E-state index in [-0.39, 0.29) is 6.04 Å². The van der Waals surface area contributed by atoms with Gasteiger partial charge in [0, 0.05) is 31.2 Å². The Morgan fingerprint density at radius 1 is 1.50 bits per heavy atom. The summed E-state index contributed by atoms with van der Waals surface area (Å²) in [5, 5.41) is 3.94. The van der Waals surface area contributed by atoms with E-state index < -0.39 is 0 Å². The summed E-state index contributed by atoms with van der Waals surface area (Å²) < 4.78 is 0. The molecule has 4 heteroatoms. The summed E-state index contributed by atoms with van der Waals surface area (Å²) in [5.74, 6) is 0. The molecule has 1 atom stereocenters. The van der Waals surface area contributed by atoms with Crippen molar-refractivity contribution in [2.24, 2.45) is 5.73 Å². The van der Waals surface area contributed by atoms with Crippen molar-refractivity contribution in [1.82, 2.24) is 0 Å². The second kappa shape index (κ2) is 4.93. The Hall–Kier alpha value is -0.930. The van der Waals surface area contributed by atoms with Gasteiger partial charge in [-0.3, -0.25) is 0 Å². The number of piperidine rings is 1. The first-order valence-electron chi connectivity index (χ1n) is 5.68. The molecule has 0 bridgehead atoms. The van der Waals surface area contributed by atoms with Gasteiger partial charge in [0.1, 0.15) is 0 Å². The van der Waals surface area contributed by atoms with Crippen LogP contribution in [-0.2, 0) is 0 Å². The minimum absolute atomic E-state index is 0.286. The summed E-state index contributed by atoms with van der Waals surface area (Å²) >= 11 is 5.98. The van der Waals surface area contributed by atoms with Crippen molar-refractivity contribution < 1.29 is 0 Å². The molecule has 0 amide bonds. The van der Waals surface area contributed by atoms with Gasteiger partial charge in [0.2, 0.25) is 0 Å². The first kappa shape index (κ1) is 11.6. The lowest BCUT2D eigenvalue weighted by Gasteiger charge is -2.33. The lowest BCUT2D eigenvalue weighted by atomic mass is 10.1. The van der Waals surface area contributed by atoms with Crippen LogP contribution in [-0.4, -0.2) is 26.2 Å². The van der Waals surface area contributed by atoms with E-state index in [0.29, 0.717) is 0 Å². The van der Waals surface area contributed by atoms with Crippen molar-refractivity contribution in [3.05, 3.63) is 23.2 Å². The van der Waals surface area contributed by atoms with E-state index in [4.69, 9.17) is 17.3 Å². The van der Waals surface area contributed by atoms with E-state index >= 15 is 0 Å². The maximum absolute atomic E-state index is 6.00. The molecule has 0 radical (unpaired) electrons. The molecule has 1 heterocycles. The number of nitrogens with zero attached hydrogens (tertiary/aromatic N) is 1. The van der Waals surface area contributed by atoms with Crippen molar-refractivity contribution in [2.75, 3.05) is 30.4 Å². The molecule has 1 aliphatic heterocycles. The van der Waals surface area contributed by atoms with Crippen LogP contribution in [0.1, 0.15) is 12.8 Å². The van der Waals surface area contributed by atoms with Gasteiger partial charge in [-0.2, -0.15) is 0 Å². The number of nitrogens with two attached hydrogens (primary N) is 1. The van der Waals surface area contributed by atoms with E-state index in [1.54, 1.807) is 0 Å². The molecule has 1 saturated heterocycles. The Morgan fingerprint density at radius 2 is 2.31 bits per heavy atom. The molecule has 0 aromatic heterocycles. The monoisotopic (exact) mass is 239 g/mol. The highest BCUT2D eigenvalue weighted by Gasteiger charge is 2.18. The highest BCUT2D eigenvalue weighted by Crippen LogP contribution is 2.30. The van der Waals surface area contributed by atoms with Crippen LogP contribution in [0.5, 0.6) is 0 Å². The van der Waals surface area contributed by atoms with E-state index in [0.717, 1.165) is 36.6 Å². The zero-order chi connectivity index (χ0) is 11.5. The SMILES string of the molecule is CNc1cc(Cl)ccc1N1CCCC(N)C1. The van der Waals surface area contributed by atoms with Crippen molar-refractivity contribution >= 4 is 23.0 Å². The van der Waals surface area contributed by atoms with E-state index in [2.05, 4.69) is 16.3 Å². The minimum Gasteiger partial charge on any atom is -0.386 e. The summed E-state index contributed by atoms with van der Waals surface area (Å²) in [5.41, 5.74) is 8.26. The third kappa shape index (κ3) is 2.42. The number of benzene rings is 1. The molecule has 1 aromatic rings. The smallest absolute Gasteiger partial charge is 0.0603 e. The van der Waals surface area contributed by atoms with E-state index in [9.17, 15) is 0 Å². The first-order chi connectivity index (χ1) is 7.70. The fourth-order valence-corrected chi connectivity index (χ4v) is 2.39. The Bertz CT molecular complexity index is 367. The summed E-state index contributed by atoms with van der Waals surface area (Å²) in [6.07, 6.45) is 2.28. The molecule has 0 spiro atoms. The molecule has 3 nitrogen and oxygen atoms in total. The molecule has 88 valence electrons. The number of nitrogens with one attached hydrogen (secondary N) is 1. The van der Waals surface area contributed by atoms with Crippen LogP contribution >= 0.6 is 11.6 Å². The molecule has 1 aliphatic rings. The first-order valence-corrected chi connectivity index (χ1v) is 6.06. The van der Waals surface area contributed by atoms with Gasteiger partial charge in [-0.05, 0) is 31.0 Å². The number of rotatable bonds is 2. The van der Waals surface area contributed by atoms with Crippen molar-refractivity contribution in [2.45, 2.75) is 18.9 Å². The minimum atomic E-state index is 0.286. The number of hydrogen-bond donors (Lipinski definition) is 2. The average molecular weight is 240 g/mol. The second-order valence-corrected chi connectivity index (χ2v) is 4.70. The molecule has 1 aromatic carbocycles. The van der Waals surface area contributed by atoms with Crippen LogP contribution in [0.2, 0.25) is 5.02 Å². The molecule has 0 saturated carbocycles. The number of anilines is 2. The third-order valence-electron chi connectivity index (χ3n) is 3.03. The topological polar surface area (TPSA) is 41.3 Å². The van der Waals surface area contributed by atoms with Crippen LogP contribution in [0.4, 0.5) is 11.4 Å². The molecule has 16 heavy (non-hydrogen) atoms. The Morgan fingerprint density at radius 3 is 3.00 bits per heavy atom. The lowest BCUT2D eigenvalue weighted by Crippen LogP contribution is -2.43. The van der Waals surface area contributed by atoms with E-state index in [1.807, 2.05) is 19.2 Å². The fraction of sp³-hybridized carbons (Fsp3) is 0.500. The van der Waals surface area contributed by atoms with Gasteiger partial charge in [-0.15, -0.1) is 0 Å². The van der Waals surface area contributed by atoms with Gasteiger partial charge in [0.05, 0.1) is 11.4 Å². The summed E-state index contributed by atoms with van der Waals surface area (Å²) in [4.78, 5) is 2.33.